The van der Waals surface area contributed by atoms with Gasteiger partial charge < -0.3 is 14.5 Å². The number of carbonyl (C=O) groups excluding carboxylic acids is 2. The Hall–Kier alpha value is -2.67. The minimum absolute atomic E-state index is 0.0561. The normalized spacial score (nSPS) is 25.0. The summed E-state index contributed by atoms with van der Waals surface area (Å²) in [5.74, 6) is 1.28. The number of nitrogens with zero attached hydrogens (tertiary/aromatic N) is 4. The topological polar surface area (TPSA) is 66.0 Å². The molecule has 3 aliphatic heterocycles. The minimum Gasteiger partial charge on any atom is -0.442 e. The van der Waals surface area contributed by atoms with Crippen LogP contribution in [0.1, 0.15) is 118 Å². The number of amides is 2. The Kier molecular flexibility index (Phi) is 9.35. The molecule has 0 bridgehead atoms. The maximum Gasteiger partial charge on any atom is 0.410 e. The van der Waals surface area contributed by atoms with Crippen molar-refractivity contribution in [2.45, 2.75) is 121 Å². The molecule has 0 N–H and O–H groups in total. The van der Waals surface area contributed by atoms with Crippen LogP contribution in [0.3, 0.4) is 0 Å². The smallest absolute Gasteiger partial charge is 0.410 e. The molecule has 1 atom stereocenters. The van der Waals surface area contributed by atoms with Crippen molar-refractivity contribution in [3.63, 3.8) is 0 Å². The summed E-state index contributed by atoms with van der Waals surface area (Å²) >= 11 is 0. The molecule has 45 heavy (non-hydrogen) atoms. The Morgan fingerprint density at radius 1 is 0.956 bits per heavy atom. The molecule has 5 aliphatic rings. The SMILES string of the molecule is CCCCC1CN(CC2CCCCC2)C(=O)OC12CCN(C1CCN(C(=O)c3c4c(nc5ccccc35)CCCC4)CC1)CC2. The van der Waals surface area contributed by atoms with E-state index in [1.54, 1.807) is 0 Å². The summed E-state index contributed by atoms with van der Waals surface area (Å²) in [5.41, 5.74) is 3.91. The third kappa shape index (κ3) is 6.35. The second-order valence-electron chi connectivity index (χ2n) is 14.9. The average Bonchev–Trinajstić information content (AvgIpc) is 3.08. The molecule has 1 aromatic carbocycles. The molecule has 1 aromatic heterocycles. The van der Waals surface area contributed by atoms with Crippen LogP contribution >= 0.6 is 0 Å². The number of hydrogen-bond acceptors (Lipinski definition) is 5. The van der Waals surface area contributed by atoms with Gasteiger partial charge in [-0.3, -0.25) is 14.7 Å². The van der Waals surface area contributed by atoms with Gasteiger partial charge in [-0.15, -0.1) is 0 Å². The summed E-state index contributed by atoms with van der Waals surface area (Å²) in [7, 11) is 0. The summed E-state index contributed by atoms with van der Waals surface area (Å²) in [6, 6.07) is 8.70. The van der Waals surface area contributed by atoms with Gasteiger partial charge in [0, 0.05) is 75.2 Å². The summed E-state index contributed by atoms with van der Waals surface area (Å²) in [5, 5.41) is 1.02. The quantitative estimate of drug-likeness (QED) is 0.325. The fourth-order valence-corrected chi connectivity index (χ4v) is 9.45. The maximum atomic E-state index is 14.1. The first-order valence-corrected chi connectivity index (χ1v) is 18.5. The van der Waals surface area contributed by atoms with E-state index in [1.807, 2.05) is 12.1 Å². The number of pyridine rings is 1. The lowest BCUT2D eigenvalue weighted by molar-refractivity contribution is -0.127. The standard InChI is InChI=1S/C38H54N4O3/c1-2-3-13-29-27-42(26-28-11-5-4-6-12-28)37(44)45-38(29)20-24-40(25-21-38)30-18-22-41(23-19-30)36(43)35-31-14-7-9-16-33(31)39-34-17-10-8-15-32(34)35/h7,9,14,16,28-30H,2-6,8,10-13,15,17-27H2,1H3. The molecule has 1 spiro atoms. The second-order valence-corrected chi connectivity index (χ2v) is 14.9. The molecule has 4 heterocycles. The van der Waals surface area contributed by atoms with E-state index >= 15 is 0 Å². The number of piperidine rings is 2. The van der Waals surface area contributed by atoms with Gasteiger partial charge in [0.05, 0.1) is 11.1 Å². The molecule has 7 heteroatoms. The van der Waals surface area contributed by atoms with Crippen molar-refractivity contribution >= 4 is 22.9 Å². The van der Waals surface area contributed by atoms with Gasteiger partial charge in [0.2, 0.25) is 0 Å². The highest BCUT2D eigenvalue weighted by atomic mass is 16.6. The van der Waals surface area contributed by atoms with E-state index in [9.17, 15) is 9.59 Å². The molecule has 4 fully saturated rings. The predicted octanol–water partition coefficient (Wildman–Crippen LogP) is 7.39. The van der Waals surface area contributed by atoms with E-state index < -0.39 is 0 Å². The zero-order valence-electron chi connectivity index (χ0n) is 27.6. The highest BCUT2D eigenvalue weighted by molar-refractivity contribution is 6.07. The highest BCUT2D eigenvalue weighted by Gasteiger charge is 2.50. The van der Waals surface area contributed by atoms with Gasteiger partial charge in [-0.1, -0.05) is 57.2 Å². The first-order valence-electron chi connectivity index (χ1n) is 18.5. The van der Waals surface area contributed by atoms with E-state index in [-0.39, 0.29) is 17.6 Å². The van der Waals surface area contributed by atoms with E-state index in [0.717, 1.165) is 119 Å². The van der Waals surface area contributed by atoms with Crippen molar-refractivity contribution in [2.75, 3.05) is 39.3 Å². The van der Waals surface area contributed by atoms with Gasteiger partial charge in [-0.25, -0.2) is 4.79 Å². The maximum absolute atomic E-state index is 14.1. The van der Waals surface area contributed by atoms with Crippen LogP contribution in [0.5, 0.6) is 0 Å². The van der Waals surface area contributed by atoms with Gasteiger partial charge in [-0.2, -0.15) is 0 Å². The third-order valence-corrected chi connectivity index (χ3v) is 12.1. The molecule has 2 amide bonds. The lowest BCUT2D eigenvalue weighted by Crippen LogP contribution is -2.61. The van der Waals surface area contributed by atoms with E-state index in [1.165, 1.54) is 50.5 Å². The highest BCUT2D eigenvalue weighted by Crippen LogP contribution is 2.42. The molecule has 7 nitrogen and oxygen atoms in total. The molecule has 244 valence electrons. The number of likely N-dealkylation sites (tertiary alicyclic amines) is 2. The molecule has 1 saturated carbocycles. The molecule has 2 aromatic rings. The number of rotatable bonds is 7. The Morgan fingerprint density at radius 3 is 2.49 bits per heavy atom. The van der Waals surface area contributed by atoms with Crippen LogP contribution in [0.4, 0.5) is 4.79 Å². The fourth-order valence-electron chi connectivity index (χ4n) is 9.45. The molecule has 1 unspecified atom stereocenters. The van der Waals surface area contributed by atoms with Crippen molar-refractivity contribution in [3.8, 4) is 0 Å². The summed E-state index contributed by atoms with van der Waals surface area (Å²) in [4.78, 5) is 39.3. The minimum atomic E-state index is -0.302. The van der Waals surface area contributed by atoms with E-state index in [4.69, 9.17) is 9.72 Å². The van der Waals surface area contributed by atoms with Gasteiger partial charge in [0.25, 0.3) is 5.91 Å². The van der Waals surface area contributed by atoms with Gasteiger partial charge in [0.1, 0.15) is 5.60 Å². The Balaban J connectivity index is 0.979. The zero-order valence-corrected chi connectivity index (χ0v) is 27.6. The molecule has 3 saturated heterocycles. The Morgan fingerprint density at radius 2 is 1.71 bits per heavy atom. The van der Waals surface area contributed by atoms with Gasteiger partial charge in [-0.05, 0) is 75.3 Å². The van der Waals surface area contributed by atoms with Crippen LogP contribution in [-0.2, 0) is 17.6 Å². The van der Waals surface area contributed by atoms with Gasteiger partial charge >= 0.3 is 6.09 Å². The number of unbranched alkanes of at least 4 members (excludes halogenated alkanes) is 1. The van der Waals surface area contributed by atoms with Crippen molar-refractivity contribution in [3.05, 3.63) is 41.1 Å². The number of benzene rings is 1. The number of aryl methyl sites for hydroxylation is 1. The van der Waals surface area contributed by atoms with Crippen LogP contribution in [-0.4, -0.2) is 82.6 Å². The average molecular weight is 615 g/mol. The molecule has 7 rings (SSSR count). The first kappa shape index (κ1) is 31.0. The third-order valence-electron chi connectivity index (χ3n) is 12.1. The van der Waals surface area contributed by atoms with Crippen LogP contribution in [0, 0.1) is 11.8 Å². The molecule has 0 radical (unpaired) electrons. The first-order chi connectivity index (χ1) is 22.0. The number of hydrogen-bond donors (Lipinski definition) is 0. The lowest BCUT2D eigenvalue weighted by Gasteiger charge is -2.52. The van der Waals surface area contributed by atoms with Crippen LogP contribution in [0.25, 0.3) is 10.9 Å². The largest absolute Gasteiger partial charge is 0.442 e. The van der Waals surface area contributed by atoms with Crippen molar-refractivity contribution in [1.29, 1.82) is 0 Å². The number of para-hydroxylation sites is 1. The predicted molar refractivity (Wildman–Crippen MR) is 178 cm³/mol. The van der Waals surface area contributed by atoms with E-state index in [2.05, 4.69) is 33.8 Å². The van der Waals surface area contributed by atoms with Crippen molar-refractivity contribution < 1.29 is 14.3 Å². The number of carbonyl (C=O) groups is 2. The molecule has 2 aliphatic carbocycles. The van der Waals surface area contributed by atoms with Gasteiger partial charge in [0.15, 0.2) is 0 Å². The second kappa shape index (κ2) is 13.6. The Labute approximate surface area is 270 Å². The van der Waals surface area contributed by atoms with Crippen molar-refractivity contribution in [1.82, 2.24) is 19.7 Å². The summed E-state index contributed by atoms with van der Waals surface area (Å²) < 4.78 is 6.49. The van der Waals surface area contributed by atoms with Crippen LogP contribution in [0.2, 0.25) is 0 Å². The zero-order chi connectivity index (χ0) is 30.8. The summed E-state index contributed by atoms with van der Waals surface area (Å²) in [6.45, 7) is 7.62. The fraction of sp³-hybridized carbons (Fsp3) is 0.711. The number of aromatic nitrogens is 1. The monoisotopic (exact) mass is 614 g/mol. The molecular weight excluding hydrogens is 560 g/mol. The molecular formula is C38H54N4O3. The van der Waals surface area contributed by atoms with E-state index in [0.29, 0.717) is 17.9 Å². The Bertz CT molecular complexity index is 1350. The van der Waals surface area contributed by atoms with Crippen LogP contribution < -0.4 is 0 Å². The lowest BCUT2D eigenvalue weighted by atomic mass is 9.75. The number of ether oxygens (including phenoxy) is 1. The van der Waals surface area contributed by atoms with Crippen LogP contribution in [0.15, 0.2) is 24.3 Å². The van der Waals surface area contributed by atoms with Crippen molar-refractivity contribution in [2.24, 2.45) is 11.8 Å². The number of fused-ring (bicyclic) bond motifs is 2. The summed E-state index contributed by atoms with van der Waals surface area (Å²) in [6.07, 6.45) is 18.1.